The molecule has 0 unspecified atom stereocenters. The Morgan fingerprint density at radius 3 is 2.89 bits per heavy atom. The highest BCUT2D eigenvalue weighted by Crippen LogP contribution is 2.23. The van der Waals surface area contributed by atoms with Crippen molar-refractivity contribution < 1.29 is 9.53 Å². The van der Waals surface area contributed by atoms with Gasteiger partial charge in [-0.25, -0.2) is 4.79 Å². The highest BCUT2D eigenvalue weighted by molar-refractivity contribution is 5.90. The number of rotatable bonds is 7. The quantitative estimate of drug-likeness (QED) is 0.508. The molecule has 0 fully saturated rings. The van der Waals surface area contributed by atoms with Crippen molar-refractivity contribution in [3.8, 4) is 5.75 Å². The number of urea groups is 1. The number of anilines is 1. The molecule has 5 nitrogen and oxygen atoms in total. The lowest BCUT2D eigenvalue weighted by atomic mass is 10.3. The Morgan fingerprint density at radius 1 is 1.39 bits per heavy atom. The van der Waals surface area contributed by atoms with Gasteiger partial charge >= 0.3 is 6.03 Å². The molecule has 0 saturated carbocycles. The zero-order valence-corrected chi connectivity index (χ0v) is 10.5. The van der Waals surface area contributed by atoms with E-state index in [2.05, 4.69) is 22.5 Å². The van der Waals surface area contributed by atoms with Crippen molar-refractivity contribution in [3.63, 3.8) is 0 Å². The maximum absolute atomic E-state index is 11.6. The molecule has 0 aromatic heterocycles. The summed E-state index contributed by atoms with van der Waals surface area (Å²) in [5.74, 6) is 0.626. The van der Waals surface area contributed by atoms with Gasteiger partial charge in [-0.1, -0.05) is 24.8 Å². The van der Waals surface area contributed by atoms with Gasteiger partial charge in [0, 0.05) is 13.1 Å². The molecule has 1 aromatic rings. The highest BCUT2D eigenvalue weighted by Gasteiger charge is 2.05. The van der Waals surface area contributed by atoms with Crippen LogP contribution in [0.2, 0.25) is 0 Å². The first kappa shape index (κ1) is 14.1. The number of para-hydroxylation sites is 2. The predicted molar refractivity (Wildman–Crippen MR) is 73.1 cm³/mol. The summed E-state index contributed by atoms with van der Waals surface area (Å²) in [4.78, 5) is 11.6. The number of carbonyl (C=O) groups excluding carboxylic acids is 1. The molecule has 98 valence electrons. The summed E-state index contributed by atoms with van der Waals surface area (Å²) in [6.07, 6.45) is 1.66. The van der Waals surface area contributed by atoms with Gasteiger partial charge in [0.1, 0.15) is 12.4 Å². The summed E-state index contributed by atoms with van der Waals surface area (Å²) in [7, 11) is 1.83. The van der Waals surface area contributed by atoms with Crippen molar-refractivity contribution >= 4 is 11.7 Å². The molecule has 0 aliphatic carbocycles. The fourth-order valence-electron chi connectivity index (χ4n) is 1.31. The molecule has 18 heavy (non-hydrogen) atoms. The molecule has 0 atom stereocenters. The average molecular weight is 249 g/mol. The van der Waals surface area contributed by atoms with Crippen molar-refractivity contribution in [2.24, 2.45) is 0 Å². The SMILES string of the molecule is C=CCOc1ccccc1NC(=O)NCCNC. The van der Waals surface area contributed by atoms with Gasteiger partial charge in [0.25, 0.3) is 0 Å². The molecule has 2 amide bonds. The van der Waals surface area contributed by atoms with Gasteiger partial charge in [0.15, 0.2) is 0 Å². The Hall–Kier alpha value is -2.01. The second-order valence-electron chi connectivity index (χ2n) is 3.58. The summed E-state index contributed by atoms with van der Waals surface area (Å²) in [6, 6.07) is 7.02. The number of amides is 2. The predicted octanol–water partition coefficient (Wildman–Crippen LogP) is 1.59. The lowest BCUT2D eigenvalue weighted by Gasteiger charge is -2.12. The lowest BCUT2D eigenvalue weighted by Crippen LogP contribution is -2.33. The van der Waals surface area contributed by atoms with Crippen LogP contribution in [0, 0.1) is 0 Å². The van der Waals surface area contributed by atoms with E-state index in [0.29, 0.717) is 24.6 Å². The van der Waals surface area contributed by atoms with E-state index < -0.39 is 0 Å². The van der Waals surface area contributed by atoms with Crippen LogP contribution in [0.1, 0.15) is 0 Å². The second kappa shape index (κ2) is 8.14. The van der Waals surface area contributed by atoms with Crippen molar-refractivity contribution in [2.45, 2.75) is 0 Å². The standard InChI is InChI=1S/C13H19N3O2/c1-3-10-18-12-7-5-4-6-11(12)16-13(17)15-9-8-14-2/h3-7,14H,1,8-10H2,2H3,(H2,15,16,17). The molecule has 0 bridgehead atoms. The van der Waals surface area contributed by atoms with E-state index >= 15 is 0 Å². The van der Waals surface area contributed by atoms with E-state index in [0.717, 1.165) is 6.54 Å². The van der Waals surface area contributed by atoms with Crippen LogP contribution < -0.4 is 20.7 Å². The molecule has 5 heteroatoms. The van der Waals surface area contributed by atoms with E-state index in [4.69, 9.17) is 4.74 Å². The monoisotopic (exact) mass is 249 g/mol. The third-order valence-electron chi connectivity index (χ3n) is 2.15. The minimum absolute atomic E-state index is 0.250. The van der Waals surface area contributed by atoms with Crippen molar-refractivity contribution in [2.75, 3.05) is 32.1 Å². The van der Waals surface area contributed by atoms with Gasteiger partial charge in [-0.2, -0.15) is 0 Å². The van der Waals surface area contributed by atoms with Crippen molar-refractivity contribution in [1.29, 1.82) is 0 Å². The Bertz CT molecular complexity index is 394. The van der Waals surface area contributed by atoms with Gasteiger partial charge in [-0.15, -0.1) is 0 Å². The fourth-order valence-corrected chi connectivity index (χ4v) is 1.31. The van der Waals surface area contributed by atoms with E-state index in [-0.39, 0.29) is 6.03 Å². The molecule has 1 aromatic carbocycles. The van der Waals surface area contributed by atoms with Crippen molar-refractivity contribution in [1.82, 2.24) is 10.6 Å². The molecular weight excluding hydrogens is 230 g/mol. The molecule has 0 spiro atoms. The van der Waals surface area contributed by atoms with E-state index in [1.165, 1.54) is 0 Å². The molecule has 0 aliphatic rings. The van der Waals surface area contributed by atoms with E-state index in [1.54, 1.807) is 18.2 Å². The zero-order valence-electron chi connectivity index (χ0n) is 10.5. The molecule has 0 heterocycles. The van der Waals surface area contributed by atoms with Gasteiger partial charge < -0.3 is 20.7 Å². The van der Waals surface area contributed by atoms with Crippen LogP contribution in [0.15, 0.2) is 36.9 Å². The van der Waals surface area contributed by atoms with Gasteiger partial charge in [-0.05, 0) is 19.2 Å². The molecule has 1 rings (SSSR count). The molecular formula is C13H19N3O2. The van der Waals surface area contributed by atoms with Gasteiger partial charge in [-0.3, -0.25) is 0 Å². The summed E-state index contributed by atoms with van der Waals surface area (Å²) in [5, 5.41) is 8.42. The van der Waals surface area contributed by atoms with Gasteiger partial charge in [0.2, 0.25) is 0 Å². The number of likely N-dealkylation sites (N-methyl/N-ethyl adjacent to an activating group) is 1. The topological polar surface area (TPSA) is 62.4 Å². The Kier molecular flexibility index (Phi) is 6.35. The third kappa shape index (κ3) is 4.88. The van der Waals surface area contributed by atoms with Crippen LogP contribution >= 0.6 is 0 Å². The van der Waals surface area contributed by atoms with Crippen LogP contribution in [-0.4, -0.2) is 32.8 Å². The number of benzene rings is 1. The van der Waals surface area contributed by atoms with Crippen LogP contribution in [0.5, 0.6) is 5.75 Å². The van der Waals surface area contributed by atoms with Gasteiger partial charge in [0.05, 0.1) is 5.69 Å². The Labute approximate surface area is 107 Å². The smallest absolute Gasteiger partial charge is 0.319 e. The maximum Gasteiger partial charge on any atom is 0.319 e. The Balaban J connectivity index is 2.54. The van der Waals surface area contributed by atoms with Crippen LogP contribution in [0.3, 0.4) is 0 Å². The summed E-state index contributed by atoms with van der Waals surface area (Å²) < 4.78 is 5.44. The van der Waals surface area contributed by atoms with Crippen LogP contribution in [-0.2, 0) is 0 Å². The Morgan fingerprint density at radius 2 is 2.17 bits per heavy atom. The van der Waals surface area contributed by atoms with Crippen LogP contribution in [0.4, 0.5) is 10.5 Å². The van der Waals surface area contributed by atoms with E-state index in [1.807, 2.05) is 19.2 Å². The van der Waals surface area contributed by atoms with Crippen molar-refractivity contribution in [3.05, 3.63) is 36.9 Å². The highest BCUT2D eigenvalue weighted by atomic mass is 16.5. The summed E-state index contributed by atoms with van der Waals surface area (Å²) in [6.45, 7) is 5.28. The molecule has 0 saturated heterocycles. The van der Waals surface area contributed by atoms with E-state index in [9.17, 15) is 4.79 Å². The summed E-state index contributed by atoms with van der Waals surface area (Å²) >= 11 is 0. The minimum atomic E-state index is -0.250. The maximum atomic E-state index is 11.6. The minimum Gasteiger partial charge on any atom is -0.487 e. The first-order valence-corrected chi connectivity index (χ1v) is 5.80. The molecule has 3 N–H and O–H groups in total. The lowest BCUT2D eigenvalue weighted by molar-refractivity contribution is 0.252. The zero-order chi connectivity index (χ0) is 13.2. The fraction of sp³-hybridized carbons (Fsp3) is 0.308. The molecule has 0 aliphatic heterocycles. The molecule has 0 radical (unpaired) electrons. The normalized spacial score (nSPS) is 9.61. The van der Waals surface area contributed by atoms with Crippen LogP contribution in [0.25, 0.3) is 0 Å². The number of carbonyl (C=O) groups is 1. The first-order valence-electron chi connectivity index (χ1n) is 5.80. The third-order valence-corrected chi connectivity index (χ3v) is 2.15. The average Bonchev–Trinajstić information content (AvgIpc) is 2.38. The largest absolute Gasteiger partial charge is 0.487 e. The second-order valence-corrected chi connectivity index (χ2v) is 3.58. The summed E-state index contributed by atoms with van der Waals surface area (Å²) in [5.41, 5.74) is 0.640. The number of nitrogens with one attached hydrogen (secondary N) is 3. The number of hydrogen-bond donors (Lipinski definition) is 3. The first-order chi connectivity index (χ1) is 8.77. The number of ether oxygens (including phenoxy) is 1. The number of hydrogen-bond acceptors (Lipinski definition) is 3.